The summed E-state index contributed by atoms with van der Waals surface area (Å²) < 4.78 is 0. The molecule has 1 aromatic rings. The molecular weight excluding hydrogens is 224 g/mol. The zero-order valence-corrected chi connectivity index (χ0v) is 9.89. The number of thiophene rings is 1. The summed E-state index contributed by atoms with van der Waals surface area (Å²) in [5.41, 5.74) is 0.542. The van der Waals surface area contributed by atoms with Crippen molar-refractivity contribution in [2.75, 3.05) is 12.4 Å². The molecule has 16 heavy (non-hydrogen) atoms. The molecule has 1 heterocycles. The molecule has 0 radical (unpaired) electrons. The summed E-state index contributed by atoms with van der Waals surface area (Å²) >= 11 is 1.38. The molecular formula is C11H14N2O2S. The highest BCUT2D eigenvalue weighted by molar-refractivity contribution is 7.14. The molecule has 1 aliphatic carbocycles. The van der Waals surface area contributed by atoms with E-state index in [-0.39, 0.29) is 17.7 Å². The highest BCUT2D eigenvalue weighted by atomic mass is 32.1. The summed E-state index contributed by atoms with van der Waals surface area (Å²) in [6, 6.07) is 1.72. The van der Waals surface area contributed by atoms with Gasteiger partial charge >= 0.3 is 0 Å². The molecule has 86 valence electrons. The molecule has 1 saturated carbocycles. The number of amides is 2. The van der Waals surface area contributed by atoms with Gasteiger partial charge in [-0.25, -0.2) is 0 Å². The predicted octanol–water partition coefficient (Wildman–Crippen LogP) is 1.85. The van der Waals surface area contributed by atoms with Gasteiger partial charge in [-0.2, -0.15) is 0 Å². The first-order valence-electron chi connectivity index (χ1n) is 5.33. The lowest BCUT2D eigenvalue weighted by Crippen LogP contribution is -2.28. The zero-order valence-electron chi connectivity index (χ0n) is 9.08. The molecule has 0 aromatic carbocycles. The molecule has 2 N–H and O–H groups in total. The third kappa shape index (κ3) is 2.09. The second-order valence-corrected chi connectivity index (χ2v) is 4.78. The lowest BCUT2D eigenvalue weighted by molar-refractivity contribution is -0.122. The van der Waals surface area contributed by atoms with Gasteiger partial charge in [0.05, 0.1) is 5.56 Å². The Morgan fingerprint density at radius 3 is 2.75 bits per heavy atom. The number of hydrogen-bond acceptors (Lipinski definition) is 3. The Kier molecular flexibility index (Phi) is 3.24. The second kappa shape index (κ2) is 4.65. The fourth-order valence-electron chi connectivity index (χ4n) is 1.60. The van der Waals surface area contributed by atoms with Crippen molar-refractivity contribution in [1.82, 2.24) is 5.32 Å². The van der Waals surface area contributed by atoms with Crippen LogP contribution < -0.4 is 10.6 Å². The number of carbonyl (C=O) groups is 2. The maximum atomic E-state index is 11.7. The Hall–Kier alpha value is -1.36. The number of anilines is 1. The highest BCUT2D eigenvalue weighted by Gasteiger charge is 2.26. The molecule has 2 rings (SSSR count). The average Bonchev–Trinajstić information content (AvgIpc) is 2.62. The number of rotatable bonds is 3. The van der Waals surface area contributed by atoms with E-state index in [0.717, 1.165) is 19.3 Å². The fraction of sp³-hybridized carbons (Fsp3) is 0.455. The van der Waals surface area contributed by atoms with Crippen LogP contribution >= 0.6 is 11.3 Å². The van der Waals surface area contributed by atoms with E-state index in [1.165, 1.54) is 11.3 Å². The number of hydrogen-bond donors (Lipinski definition) is 2. The van der Waals surface area contributed by atoms with Crippen molar-refractivity contribution >= 4 is 28.2 Å². The SMILES string of the molecule is CNC(=O)c1ccsc1NC(=O)C1CCC1. The van der Waals surface area contributed by atoms with Crippen LogP contribution in [0.3, 0.4) is 0 Å². The van der Waals surface area contributed by atoms with Crippen LogP contribution in [0.15, 0.2) is 11.4 Å². The van der Waals surface area contributed by atoms with Crippen molar-refractivity contribution in [2.45, 2.75) is 19.3 Å². The second-order valence-electron chi connectivity index (χ2n) is 3.86. The molecule has 0 bridgehead atoms. The van der Waals surface area contributed by atoms with E-state index in [0.29, 0.717) is 10.6 Å². The molecule has 5 heteroatoms. The van der Waals surface area contributed by atoms with Crippen molar-refractivity contribution in [3.63, 3.8) is 0 Å². The Morgan fingerprint density at radius 1 is 1.44 bits per heavy atom. The van der Waals surface area contributed by atoms with E-state index in [9.17, 15) is 9.59 Å². The van der Waals surface area contributed by atoms with Crippen molar-refractivity contribution in [3.8, 4) is 0 Å². The molecule has 0 spiro atoms. The normalized spacial score (nSPS) is 15.3. The summed E-state index contributed by atoms with van der Waals surface area (Å²) in [5.74, 6) is 0.0173. The van der Waals surface area contributed by atoms with Crippen LogP contribution in [0.2, 0.25) is 0 Å². The van der Waals surface area contributed by atoms with Gasteiger partial charge in [-0.15, -0.1) is 11.3 Å². The Balaban J connectivity index is 2.06. The summed E-state index contributed by atoms with van der Waals surface area (Å²) in [4.78, 5) is 23.2. The maximum absolute atomic E-state index is 11.7. The topological polar surface area (TPSA) is 58.2 Å². The molecule has 0 unspecified atom stereocenters. The molecule has 1 fully saturated rings. The maximum Gasteiger partial charge on any atom is 0.254 e. The molecule has 0 atom stereocenters. The van der Waals surface area contributed by atoms with Crippen molar-refractivity contribution < 1.29 is 9.59 Å². The predicted molar refractivity (Wildman–Crippen MR) is 63.7 cm³/mol. The van der Waals surface area contributed by atoms with Gasteiger partial charge in [0.2, 0.25) is 5.91 Å². The fourth-order valence-corrected chi connectivity index (χ4v) is 2.39. The Bertz CT molecular complexity index is 410. The molecule has 1 aromatic heterocycles. The van der Waals surface area contributed by atoms with E-state index >= 15 is 0 Å². The van der Waals surface area contributed by atoms with E-state index in [2.05, 4.69) is 10.6 Å². The number of nitrogens with one attached hydrogen (secondary N) is 2. The van der Waals surface area contributed by atoms with Crippen LogP contribution in [-0.4, -0.2) is 18.9 Å². The highest BCUT2D eigenvalue weighted by Crippen LogP contribution is 2.30. The lowest BCUT2D eigenvalue weighted by atomic mass is 9.85. The number of carbonyl (C=O) groups excluding carboxylic acids is 2. The molecule has 2 amide bonds. The van der Waals surface area contributed by atoms with E-state index < -0.39 is 0 Å². The molecule has 0 aliphatic heterocycles. The first-order valence-corrected chi connectivity index (χ1v) is 6.20. The zero-order chi connectivity index (χ0) is 11.5. The molecule has 1 aliphatic rings. The first kappa shape index (κ1) is 11.1. The van der Waals surface area contributed by atoms with Gasteiger partial charge < -0.3 is 10.6 Å². The molecule has 4 nitrogen and oxygen atoms in total. The van der Waals surface area contributed by atoms with Gasteiger partial charge in [0.1, 0.15) is 5.00 Å². The summed E-state index contributed by atoms with van der Waals surface area (Å²) in [7, 11) is 1.58. The van der Waals surface area contributed by atoms with E-state index in [4.69, 9.17) is 0 Å². The van der Waals surface area contributed by atoms with Gasteiger partial charge in [0, 0.05) is 13.0 Å². The summed E-state index contributed by atoms with van der Waals surface area (Å²) in [6.45, 7) is 0. The lowest BCUT2D eigenvalue weighted by Gasteiger charge is -2.23. The van der Waals surface area contributed by atoms with Crippen molar-refractivity contribution in [1.29, 1.82) is 0 Å². The van der Waals surface area contributed by atoms with E-state index in [1.807, 2.05) is 0 Å². The van der Waals surface area contributed by atoms with Crippen LogP contribution in [0.25, 0.3) is 0 Å². The van der Waals surface area contributed by atoms with Gasteiger partial charge in [-0.05, 0) is 24.3 Å². The summed E-state index contributed by atoms with van der Waals surface area (Å²) in [6.07, 6.45) is 3.06. The standard InChI is InChI=1S/C11H14N2O2S/c1-12-10(15)8-5-6-16-11(8)13-9(14)7-3-2-4-7/h5-7H,2-4H2,1H3,(H,12,15)(H,13,14). The van der Waals surface area contributed by atoms with Crippen LogP contribution in [0.5, 0.6) is 0 Å². The van der Waals surface area contributed by atoms with Crippen molar-refractivity contribution in [3.05, 3.63) is 17.0 Å². The van der Waals surface area contributed by atoms with Crippen molar-refractivity contribution in [2.24, 2.45) is 5.92 Å². The van der Waals surface area contributed by atoms with Gasteiger partial charge in [-0.3, -0.25) is 9.59 Å². The van der Waals surface area contributed by atoms with Crippen LogP contribution in [0, 0.1) is 5.92 Å². The van der Waals surface area contributed by atoms with E-state index in [1.54, 1.807) is 18.5 Å². The third-order valence-electron chi connectivity index (χ3n) is 2.85. The Labute approximate surface area is 98.0 Å². The minimum absolute atomic E-state index is 0.0406. The Morgan fingerprint density at radius 2 is 2.19 bits per heavy atom. The monoisotopic (exact) mass is 238 g/mol. The smallest absolute Gasteiger partial charge is 0.254 e. The van der Waals surface area contributed by atoms with Gasteiger partial charge in [0.15, 0.2) is 0 Å². The largest absolute Gasteiger partial charge is 0.355 e. The minimum Gasteiger partial charge on any atom is -0.355 e. The minimum atomic E-state index is -0.162. The first-order chi connectivity index (χ1) is 7.72. The molecule has 0 saturated heterocycles. The van der Waals surface area contributed by atoms with Gasteiger partial charge in [0.25, 0.3) is 5.91 Å². The van der Waals surface area contributed by atoms with Gasteiger partial charge in [-0.1, -0.05) is 6.42 Å². The van der Waals surface area contributed by atoms with Crippen LogP contribution in [0.4, 0.5) is 5.00 Å². The summed E-state index contributed by atoms with van der Waals surface area (Å²) in [5, 5.41) is 7.84. The quantitative estimate of drug-likeness (QED) is 0.844. The van der Waals surface area contributed by atoms with Crippen LogP contribution in [-0.2, 0) is 4.79 Å². The third-order valence-corrected chi connectivity index (χ3v) is 3.68. The average molecular weight is 238 g/mol. The van der Waals surface area contributed by atoms with Crippen LogP contribution in [0.1, 0.15) is 29.6 Å².